The van der Waals surface area contributed by atoms with Crippen LogP contribution in [0.5, 0.6) is 0 Å². The predicted octanol–water partition coefficient (Wildman–Crippen LogP) is 3.37. The SMILES string of the molecule is BrCCN(CCCN1CCCC1)Cc1ccccc1. The molecule has 1 aliphatic heterocycles. The Morgan fingerprint density at radius 2 is 1.79 bits per heavy atom. The molecule has 1 fully saturated rings. The lowest BCUT2D eigenvalue weighted by atomic mass is 10.2. The van der Waals surface area contributed by atoms with Gasteiger partial charge in [-0.3, -0.25) is 4.90 Å². The highest BCUT2D eigenvalue weighted by Gasteiger charge is 2.11. The van der Waals surface area contributed by atoms with Crippen molar-refractivity contribution in [2.45, 2.75) is 25.8 Å². The first-order chi connectivity index (χ1) is 9.38. The van der Waals surface area contributed by atoms with Gasteiger partial charge in [0.1, 0.15) is 0 Å². The zero-order chi connectivity index (χ0) is 13.3. The molecular formula is C16H25BrN2. The van der Waals surface area contributed by atoms with Crippen molar-refractivity contribution in [2.24, 2.45) is 0 Å². The second-order valence-corrected chi connectivity index (χ2v) is 6.15. The Morgan fingerprint density at radius 3 is 2.47 bits per heavy atom. The molecule has 1 aromatic rings. The fourth-order valence-electron chi connectivity index (χ4n) is 2.76. The lowest BCUT2D eigenvalue weighted by Gasteiger charge is -2.23. The minimum Gasteiger partial charge on any atom is -0.303 e. The van der Waals surface area contributed by atoms with E-state index >= 15 is 0 Å². The van der Waals surface area contributed by atoms with Gasteiger partial charge in [-0.05, 0) is 51.0 Å². The summed E-state index contributed by atoms with van der Waals surface area (Å²) < 4.78 is 0. The van der Waals surface area contributed by atoms with Crippen LogP contribution in [0.4, 0.5) is 0 Å². The van der Waals surface area contributed by atoms with Crippen LogP contribution in [0, 0.1) is 0 Å². The Hall–Kier alpha value is -0.380. The van der Waals surface area contributed by atoms with Crippen LogP contribution in [0.15, 0.2) is 30.3 Å². The van der Waals surface area contributed by atoms with Crippen molar-refractivity contribution in [3.8, 4) is 0 Å². The lowest BCUT2D eigenvalue weighted by Crippen LogP contribution is -2.30. The van der Waals surface area contributed by atoms with E-state index < -0.39 is 0 Å². The van der Waals surface area contributed by atoms with Gasteiger partial charge in [0.05, 0.1) is 0 Å². The summed E-state index contributed by atoms with van der Waals surface area (Å²) in [6.07, 6.45) is 4.09. The molecule has 0 unspecified atom stereocenters. The summed E-state index contributed by atoms with van der Waals surface area (Å²) in [7, 11) is 0. The van der Waals surface area contributed by atoms with Crippen molar-refractivity contribution in [1.29, 1.82) is 0 Å². The van der Waals surface area contributed by atoms with Gasteiger partial charge >= 0.3 is 0 Å². The Kier molecular flexibility index (Phi) is 6.90. The number of rotatable bonds is 8. The number of alkyl halides is 1. The standard InChI is InChI=1S/C16H25BrN2/c17-9-14-19(15-16-7-2-1-3-8-16)13-6-12-18-10-4-5-11-18/h1-3,7-8H,4-6,9-15H2. The van der Waals surface area contributed by atoms with E-state index in [0.29, 0.717) is 0 Å². The fourth-order valence-corrected chi connectivity index (χ4v) is 3.26. The van der Waals surface area contributed by atoms with E-state index in [1.165, 1.54) is 51.0 Å². The van der Waals surface area contributed by atoms with Gasteiger partial charge in [0.2, 0.25) is 0 Å². The van der Waals surface area contributed by atoms with Crippen LogP contribution in [-0.2, 0) is 6.54 Å². The van der Waals surface area contributed by atoms with Crippen LogP contribution < -0.4 is 0 Å². The summed E-state index contributed by atoms with van der Waals surface area (Å²) in [6.45, 7) is 7.32. The van der Waals surface area contributed by atoms with E-state index in [4.69, 9.17) is 0 Å². The molecular weight excluding hydrogens is 300 g/mol. The zero-order valence-electron chi connectivity index (χ0n) is 11.7. The molecule has 0 aromatic heterocycles. The largest absolute Gasteiger partial charge is 0.303 e. The predicted molar refractivity (Wildman–Crippen MR) is 85.8 cm³/mol. The van der Waals surface area contributed by atoms with Gasteiger partial charge in [-0.25, -0.2) is 0 Å². The van der Waals surface area contributed by atoms with Crippen molar-refractivity contribution in [2.75, 3.05) is 38.1 Å². The van der Waals surface area contributed by atoms with Gasteiger partial charge in [-0.2, -0.15) is 0 Å². The quantitative estimate of drug-likeness (QED) is 0.676. The zero-order valence-corrected chi connectivity index (χ0v) is 13.3. The molecule has 0 radical (unpaired) electrons. The maximum Gasteiger partial charge on any atom is 0.0234 e. The van der Waals surface area contributed by atoms with E-state index in [0.717, 1.165) is 18.4 Å². The molecule has 0 spiro atoms. The van der Waals surface area contributed by atoms with Gasteiger partial charge < -0.3 is 4.90 Å². The number of hydrogen-bond donors (Lipinski definition) is 0. The highest BCUT2D eigenvalue weighted by Crippen LogP contribution is 2.09. The van der Waals surface area contributed by atoms with Gasteiger partial charge in [0.25, 0.3) is 0 Å². The topological polar surface area (TPSA) is 6.48 Å². The molecule has 1 aliphatic rings. The van der Waals surface area contributed by atoms with Crippen molar-refractivity contribution >= 4 is 15.9 Å². The van der Waals surface area contributed by atoms with Gasteiger partial charge in [-0.15, -0.1) is 0 Å². The van der Waals surface area contributed by atoms with E-state index in [-0.39, 0.29) is 0 Å². The minimum atomic E-state index is 1.06. The maximum absolute atomic E-state index is 3.57. The average Bonchev–Trinajstić information content (AvgIpc) is 2.93. The first-order valence-corrected chi connectivity index (χ1v) is 8.55. The summed E-state index contributed by atoms with van der Waals surface area (Å²) in [5, 5.41) is 1.06. The lowest BCUT2D eigenvalue weighted by molar-refractivity contribution is 0.250. The third-order valence-electron chi connectivity index (χ3n) is 3.80. The van der Waals surface area contributed by atoms with Crippen molar-refractivity contribution in [3.63, 3.8) is 0 Å². The smallest absolute Gasteiger partial charge is 0.0234 e. The number of hydrogen-bond acceptors (Lipinski definition) is 2. The first-order valence-electron chi connectivity index (χ1n) is 7.43. The van der Waals surface area contributed by atoms with Crippen LogP contribution in [-0.4, -0.2) is 47.9 Å². The van der Waals surface area contributed by atoms with Crippen LogP contribution in [0.25, 0.3) is 0 Å². The molecule has 0 amide bonds. The van der Waals surface area contributed by atoms with Crippen LogP contribution in [0.1, 0.15) is 24.8 Å². The second-order valence-electron chi connectivity index (χ2n) is 5.35. The molecule has 1 heterocycles. The third-order valence-corrected chi connectivity index (χ3v) is 4.15. The van der Waals surface area contributed by atoms with E-state index in [1.807, 2.05) is 0 Å². The highest BCUT2D eigenvalue weighted by molar-refractivity contribution is 9.09. The number of likely N-dealkylation sites (tertiary alicyclic amines) is 1. The summed E-state index contributed by atoms with van der Waals surface area (Å²) in [4.78, 5) is 5.16. The van der Waals surface area contributed by atoms with Crippen molar-refractivity contribution in [1.82, 2.24) is 9.80 Å². The molecule has 3 heteroatoms. The van der Waals surface area contributed by atoms with Crippen LogP contribution in [0.3, 0.4) is 0 Å². The van der Waals surface area contributed by atoms with Gasteiger partial charge in [0, 0.05) is 18.4 Å². The molecule has 0 bridgehead atoms. The van der Waals surface area contributed by atoms with Gasteiger partial charge in [0.15, 0.2) is 0 Å². The van der Waals surface area contributed by atoms with E-state index in [1.54, 1.807) is 0 Å². The molecule has 0 atom stereocenters. The minimum absolute atomic E-state index is 1.06. The Morgan fingerprint density at radius 1 is 1.05 bits per heavy atom. The molecule has 0 aliphatic carbocycles. The van der Waals surface area contributed by atoms with Gasteiger partial charge in [-0.1, -0.05) is 46.3 Å². The molecule has 1 aromatic carbocycles. The average molecular weight is 325 g/mol. The molecule has 0 N–H and O–H groups in total. The van der Waals surface area contributed by atoms with Crippen LogP contribution >= 0.6 is 15.9 Å². The Balaban J connectivity index is 1.72. The molecule has 2 nitrogen and oxygen atoms in total. The maximum atomic E-state index is 3.57. The summed E-state index contributed by atoms with van der Waals surface area (Å²) >= 11 is 3.57. The Bertz CT molecular complexity index is 336. The summed E-state index contributed by atoms with van der Waals surface area (Å²) in [5.41, 5.74) is 1.42. The van der Waals surface area contributed by atoms with Crippen LogP contribution in [0.2, 0.25) is 0 Å². The normalized spacial score (nSPS) is 16.3. The fraction of sp³-hybridized carbons (Fsp3) is 0.625. The highest BCUT2D eigenvalue weighted by atomic mass is 79.9. The van der Waals surface area contributed by atoms with Crippen molar-refractivity contribution < 1.29 is 0 Å². The monoisotopic (exact) mass is 324 g/mol. The first kappa shape index (κ1) is 15.0. The third kappa shape index (κ3) is 5.64. The molecule has 1 saturated heterocycles. The molecule has 106 valence electrons. The number of halogens is 1. The van der Waals surface area contributed by atoms with E-state index in [9.17, 15) is 0 Å². The van der Waals surface area contributed by atoms with Crippen molar-refractivity contribution in [3.05, 3.63) is 35.9 Å². The van der Waals surface area contributed by atoms with E-state index in [2.05, 4.69) is 56.1 Å². The molecule has 0 saturated carbocycles. The summed E-state index contributed by atoms with van der Waals surface area (Å²) in [5.74, 6) is 0. The number of benzene rings is 1. The Labute approximate surface area is 125 Å². The molecule has 2 rings (SSSR count). The number of nitrogens with zero attached hydrogens (tertiary/aromatic N) is 2. The second kappa shape index (κ2) is 8.72. The molecule has 19 heavy (non-hydrogen) atoms. The summed E-state index contributed by atoms with van der Waals surface area (Å²) in [6, 6.07) is 10.8.